The van der Waals surface area contributed by atoms with Crippen LogP contribution < -0.4 is 15.2 Å². The Morgan fingerprint density at radius 1 is 0.756 bits per heavy atom. The number of hydrogen-bond acceptors (Lipinski definition) is 11. The molecule has 0 spiro atoms. The molecule has 0 saturated carbocycles. The quantitative estimate of drug-likeness (QED) is 0.166. The Bertz CT molecular complexity index is 1020. The van der Waals surface area contributed by atoms with E-state index in [4.69, 9.17) is 34.2 Å². The second-order valence-corrected chi connectivity index (χ2v) is 11.9. The van der Waals surface area contributed by atoms with Gasteiger partial charge in [0.05, 0.1) is 18.6 Å². The van der Waals surface area contributed by atoms with Crippen LogP contribution in [0.2, 0.25) is 0 Å². The predicted octanol–water partition coefficient (Wildman–Crippen LogP) is 5.59. The van der Waals surface area contributed by atoms with E-state index in [2.05, 4.69) is 0 Å². The average Bonchev–Trinajstić information content (AvgIpc) is 2.84. The van der Waals surface area contributed by atoms with Crippen molar-refractivity contribution in [1.29, 1.82) is 0 Å². The van der Waals surface area contributed by atoms with E-state index in [1.165, 1.54) is 12.1 Å². The van der Waals surface area contributed by atoms with Crippen LogP contribution >= 0.6 is 0 Å². The van der Waals surface area contributed by atoms with E-state index in [0.29, 0.717) is 30.2 Å². The fourth-order valence-electron chi connectivity index (χ4n) is 2.98. The van der Waals surface area contributed by atoms with Crippen molar-refractivity contribution in [2.24, 2.45) is 23.0 Å². The van der Waals surface area contributed by atoms with Crippen LogP contribution in [0, 0.1) is 17.3 Å². The van der Waals surface area contributed by atoms with Crippen molar-refractivity contribution in [3.8, 4) is 11.5 Å². The van der Waals surface area contributed by atoms with Crippen molar-refractivity contribution < 1.29 is 47.6 Å². The van der Waals surface area contributed by atoms with E-state index in [1.807, 2.05) is 27.7 Å². The Hall–Kier alpha value is -3.34. The fraction of sp³-hybridized carbons (Fsp3) is 0.667. The Kier molecular flexibility index (Phi) is 14.6. The van der Waals surface area contributed by atoms with Crippen LogP contribution in [0.1, 0.15) is 80.7 Å². The van der Waals surface area contributed by atoms with E-state index >= 15 is 0 Å². The third-order valence-corrected chi connectivity index (χ3v) is 5.85. The standard InChI is InChI=1S/C30H47NO10/c1-18(2)12-14-36-28(34)40-24-11-10-22(17-25(24)41-29(35)37-15-13-19(3)4)16-23(31)26(32)38-20(5)21(6)39-27(33)30(7,8)9/h10-11,17-21,23H,12-16,31H2,1-9H3/t20-,21-,23-/m0/s1. The van der Waals surface area contributed by atoms with Crippen molar-refractivity contribution in [1.82, 2.24) is 0 Å². The van der Waals surface area contributed by atoms with E-state index in [-0.39, 0.29) is 31.1 Å². The summed E-state index contributed by atoms with van der Waals surface area (Å²) in [6, 6.07) is 3.31. The van der Waals surface area contributed by atoms with Gasteiger partial charge in [0.25, 0.3) is 0 Å². The summed E-state index contributed by atoms with van der Waals surface area (Å²) in [5, 5.41) is 0. The minimum absolute atomic E-state index is 0.0135. The van der Waals surface area contributed by atoms with Crippen LogP contribution in [0.4, 0.5) is 9.59 Å². The van der Waals surface area contributed by atoms with Gasteiger partial charge < -0.3 is 34.2 Å². The molecule has 0 bridgehead atoms. The third kappa shape index (κ3) is 14.2. The summed E-state index contributed by atoms with van der Waals surface area (Å²) in [5.74, 6) is -0.637. The van der Waals surface area contributed by atoms with Crippen LogP contribution in [0.25, 0.3) is 0 Å². The highest BCUT2D eigenvalue weighted by Crippen LogP contribution is 2.30. The smallest absolute Gasteiger partial charge is 0.458 e. The molecule has 41 heavy (non-hydrogen) atoms. The molecular formula is C30H47NO10. The summed E-state index contributed by atoms with van der Waals surface area (Å²) >= 11 is 0. The highest BCUT2D eigenvalue weighted by Gasteiger charge is 2.29. The molecule has 11 nitrogen and oxygen atoms in total. The molecule has 11 heteroatoms. The molecule has 0 saturated heterocycles. The van der Waals surface area contributed by atoms with Gasteiger partial charge >= 0.3 is 24.2 Å². The van der Waals surface area contributed by atoms with Crippen LogP contribution in [-0.4, -0.2) is 55.7 Å². The summed E-state index contributed by atoms with van der Waals surface area (Å²) in [6.07, 6.45) is -2.04. The lowest BCUT2D eigenvalue weighted by Crippen LogP contribution is -2.40. The van der Waals surface area contributed by atoms with Gasteiger partial charge in [-0.15, -0.1) is 0 Å². The van der Waals surface area contributed by atoms with Gasteiger partial charge in [-0.2, -0.15) is 0 Å². The van der Waals surface area contributed by atoms with Gasteiger partial charge in [0.2, 0.25) is 0 Å². The third-order valence-electron chi connectivity index (χ3n) is 5.85. The lowest BCUT2D eigenvalue weighted by molar-refractivity contribution is -0.171. The first-order valence-electron chi connectivity index (χ1n) is 14.0. The van der Waals surface area contributed by atoms with E-state index < -0.39 is 47.9 Å². The summed E-state index contributed by atoms with van der Waals surface area (Å²) in [5.41, 5.74) is 5.89. The lowest BCUT2D eigenvalue weighted by atomic mass is 9.97. The summed E-state index contributed by atoms with van der Waals surface area (Å²) < 4.78 is 31.6. The van der Waals surface area contributed by atoms with Crippen molar-refractivity contribution in [3.05, 3.63) is 23.8 Å². The van der Waals surface area contributed by atoms with Crippen molar-refractivity contribution in [2.75, 3.05) is 13.2 Å². The molecule has 0 heterocycles. The van der Waals surface area contributed by atoms with Gasteiger partial charge in [-0.1, -0.05) is 33.8 Å². The molecule has 0 unspecified atom stereocenters. The van der Waals surface area contributed by atoms with Gasteiger partial charge in [-0.3, -0.25) is 9.59 Å². The number of carbonyl (C=O) groups is 4. The molecule has 0 aromatic heterocycles. The molecule has 232 valence electrons. The fourth-order valence-corrected chi connectivity index (χ4v) is 2.98. The number of benzene rings is 1. The zero-order valence-corrected chi connectivity index (χ0v) is 25.8. The minimum Gasteiger partial charge on any atom is -0.458 e. The molecule has 0 radical (unpaired) electrons. The molecular weight excluding hydrogens is 534 g/mol. The number of esters is 2. The summed E-state index contributed by atoms with van der Waals surface area (Å²) in [4.78, 5) is 49.3. The molecule has 1 aromatic rings. The predicted molar refractivity (Wildman–Crippen MR) is 152 cm³/mol. The summed E-state index contributed by atoms with van der Waals surface area (Å²) in [7, 11) is 0. The highest BCUT2D eigenvalue weighted by molar-refractivity contribution is 5.77. The summed E-state index contributed by atoms with van der Waals surface area (Å²) in [6.45, 7) is 16.7. The second kappa shape index (κ2) is 16.8. The minimum atomic E-state index is -1.08. The maximum Gasteiger partial charge on any atom is 0.513 e. The number of nitrogens with two attached hydrogens (primary N) is 1. The van der Waals surface area contributed by atoms with Crippen molar-refractivity contribution >= 4 is 24.2 Å². The van der Waals surface area contributed by atoms with Gasteiger partial charge in [0.15, 0.2) is 11.5 Å². The monoisotopic (exact) mass is 581 g/mol. The number of hydrogen-bond donors (Lipinski definition) is 1. The average molecular weight is 582 g/mol. The van der Waals surface area contributed by atoms with E-state index in [0.717, 1.165) is 0 Å². The number of ether oxygens (including phenoxy) is 6. The van der Waals surface area contributed by atoms with Crippen molar-refractivity contribution in [2.45, 2.75) is 99.8 Å². The molecule has 0 aliphatic rings. The molecule has 0 aliphatic heterocycles. The number of carbonyl (C=O) groups excluding carboxylic acids is 4. The first kappa shape index (κ1) is 35.7. The molecule has 1 aromatic carbocycles. The molecule has 0 amide bonds. The van der Waals surface area contributed by atoms with E-state index in [1.54, 1.807) is 40.7 Å². The number of rotatable bonds is 14. The maximum absolute atomic E-state index is 12.7. The zero-order chi connectivity index (χ0) is 31.3. The van der Waals surface area contributed by atoms with E-state index in [9.17, 15) is 19.2 Å². The van der Waals surface area contributed by atoms with Gasteiger partial charge in [0.1, 0.15) is 18.2 Å². The van der Waals surface area contributed by atoms with Gasteiger partial charge in [0, 0.05) is 0 Å². The first-order chi connectivity index (χ1) is 19.0. The van der Waals surface area contributed by atoms with Crippen LogP contribution in [0.3, 0.4) is 0 Å². The Balaban J connectivity index is 2.94. The molecule has 3 atom stereocenters. The second-order valence-electron chi connectivity index (χ2n) is 11.9. The lowest BCUT2D eigenvalue weighted by Gasteiger charge is -2.25. The van der Waals surface area contributed by atoms with Gasteiger partial charge in [-0.25, -0.2) is 9.59 Å². The normalized spacial score (nSPS) is 13.7. The molecule has 0 fully saturated rings. The zero-order valence-electron chi connectivity index (χ0n) is 25.8. The SMILES string of the molecule is CC(C)CCOC(=O)Oc1ccc(C[C@H](N)C(=O)O[C@@H](C)[C@H](C)OC(=O)C(C)(C)C)cc1OC(=O)OCCC(C)C. The molecule has 0 aliphatic carbocycles. The van der Waals surface area contributed by atoms with Crippen molar-refractivity contribution in [3.63, 3.8) is 0 Å². The Morgan fingerprint density at radius 3 is 1.73 bits per heavy atom. The van der Waals surface area contributed by atoms with Gasteiger partial charge in [-0.05, 0) is 83.4 Å². The molecule has 2 N–H and O–H groups in total. The Morgan fingerprint density at radius 2 is 1.24 bits per heavy atom. The largest absolute Gasteiger partial charge is 0.513 e. The maximum atomic E-state index is 12.7. The molecule has 1 rings (SSSR count). The van der Waals surface area contributed by atoms with Crippen LogP contribution in [0.5, 0.6) is 11.5 Å². The Labute approximate surface area is 243 Å². The van der Waals surface area contributed by atoms with Crippen LogP contribution in [-0.2, 0) is 35.0 Å². The first-order valence-corrected chi connectivity index (χ1v) is 14.0. The topological polar surface area (TPSA) is 150 Å². The highest BCUT2D eigenvalue weighted by atomic mass is 16.7. The van der Waals surface area contributed by atoms with Crippen LogP contribution in [0.15, 0.2) is 18.2 Å².